The molecule has 0 unspecified atom stereocenters. The number of hydrogen-bond acceptors (Lipinski definition) is 5. The molecule has 8 heteroatoms. The molecule has 0 saturated carbocycles. The van der Waals surface area contributed by atoms with Crippen LogP contribution in [-0.2, 0) is 23.5 Å². The summed E-state index contributed by atoms with van der Waals surface area (Å²) in [5, 5.41) is 10.0. The molecule has 3 atom stereocenters. The van der Waals surface area contributed by atoms with Gasteiger partial charge < -0.3 is 9.53 Å². The Bertz CT molecular complexity index is 640. The zero-order chi connectivity index (χ0) is 26.5. The van der Waals surface area contributed by atoms with E-state index in [1.807, 2.05) is 0 Å². The molecule has 0 rings (SSSR count). The van der Waals surface area contributed by atoms with Crippen LogP contribution in [0.1, 0.15) is 120 Å². The maximum absolute atomic E-state index is 12.2. The number of carboxylic acids is 1. The monoisotopic (exact) mass is 522 g/mol. The zero-order valence-electron chi connectivity index (χ0n) is 23.4. The summed E-state index contributed by atoms with van der Waals surface area (Å²) in [5.74, 6) is -1.85. The Morgan fingerprint density at radius 2 is 1.29 bits per heavy atom. The topological polar surface area (TPSA) is 89.9 Å². The Labute approximate surface area is 211 Å². The normalized spacial score (nSPS) is 15.8. The van der Waals surface area contributed by atoms with E-state index in [0.29, 0.717) is 29.5 Å². The van der Waals surface area contributed by atoms with Crippen LogP contribution in [0.3, 0.4) is 0 Å². The number of hydrogen-bond donors (Lipinski definition) is 1. The molecule has 0 aromatic heterocycles. The van der Waals surface area contributed by atoms with Gasteiger partial charge in [-0.05, 0) is 29.5 Å². The highest BCUT2D eigenvalue weighted by Crippen LogP contribution is 2.44. The van der Waals surface area contributed by atoms with Crippen molar-refractivity contribution in [3.8, 4) is 0 Å². The lowest BCUT2D eigenvalue weighted by atomic mass is 9.91. The second-order valence-electron chi connectivity index (χ2n) is 10.9. The summed E-state index contributed by atoms with van der Waals surface area (Å²) in [4.78, 5) is 12.2. The van der Waals surface area contributed by atoms with Crippen LogP contribution in [0.15, 0.2) is 0 Å². The van der Waals surface area contributed by atoms with E-state index in [1.54, 1.807) is 0 Å². The molecular formula is C26H54O6SSi. The van der Waals surface area contributed by atoms with Crippen LogP contribution in [0.2, 0.25) is 16.6 Å². The Kier molecular flexibility index (Phi) is 16.1. The second-order valence-corrected chi connectivity index (χ2v) is 17.9. The third-order valence-electron chi connectivity index (χ3n) is 7.14. The van der Waals surface area contributed by atoms with Crippen molar-refractivity contribution in [3.05, 3.63) is 0 Å². The molecule has 0 aliphatic heterocycles. The lowest BCUT2D eigenvalue weighted by Gasteiger charge is -2.45. The van der Waals surface area contributed by atoms with Gasteiger partial charge in [0.1, 0.15) is 0 Å². The molecule has 6 nitrogen and oxygen atoms in total. The van der Waals surface area contributed by atoms with Gasteiger partial charge in [0.25, 0.3) is 10.1 Å². The van der Waals surface area contributed by atoms with Gasteiger partial charge in [0.05, 0.1) is 18.3 Å². The van der Waals surface area contributed by atoms with E-state index in [0.717, 1.165) is 57.6 Å². The largest absolute Gasteiger partial charge is 0.481 e. The molecule has 0 aromatic carbocycles. The fraction of sp³-hybridized carbons (Fsp3) is 0.962. The van der Waals surface area contributed by atoms with Crippen LogP contribution in [0.5, 0.6) is 0 Å². The maximum Gasteiger partial charge on any atom is 0.309 e. The number of carbonyl (C=O) groups is 1. The molecule has 204 valence electrons. The smallest absolute Gasteiger partial charge is 0.309 e. The molecule has 0 fully saturated rings. The quantitative estimate of drug-likeness (QED) is 0.101. The predicted octanol–water partition coefficient (Wildman–Crippen LogP) is 7.53. The highest BCUT2D eigenvalue weighted by molar-refractivity contribution is 7.86. The van der Waals surface area contributed by atoms with E-state index >= 15 is 0 Å². The summed E-state index contributed by atoms with van der Waals surface area (Å²) in [7, 11) is -6.04. The first-order chi connectivity index (χ1) is 15.7. The van der Waals surface area contributed by atoms with Crippen molar-refractivity contribution < 1.29 is 26.9 Å². The van der Waals surface area contributed by atoms with E-state index in [2.05, 4.69) is 55.4 Å². The van der Waals surface area contributed by atoms with E-state index in [9.17, 15) is 18.3 Å². The van der Waals surface area contributed by atoms with Crippen molar-refractivity contribution >= 4 is 24.4 Å². The van der Waals surface area contributed by atoms with Gasteiger partial charge >= 0.3 is 5.97 Å². The minimum atomic E-state index is -3.81. The van der Waals surface area contributed by atoms with Gasteiger partial charge in [-0.2, -0.15) is 8.42 Å². The number of unbranched alkanes of at least 4 members (excludes halogenated alkanes) is 5. The average molecular weight is 523 g/mol. The van der Waals surface area contributed by atoms with Crippen LogP contribution in [-0.4, -0.2) is 46.3 Å². The molecule has 0 aromatic rings. The van der Waals surface area contributed by atoms with E-state index in [1.165, 1.54) is 0 Å². The highest BCUT2D eigenvalue weighted by Gasteiger charge is 2.47. The van der Waals surface area contributed by atoms with Crippen LogP contribution >= 0.6 is 0 Å². The maximum atomic E-state index is 12.2. The predicted molar refractivity (Wildman–Crippen MR) is 144 cm³/mol. The molecule has 0 bridgehead atoms. The molecule has 0 aliphatic carbocycles. The van der Waals surface area contributed by atoms with Crippen LogP contribution in [0.25, 0.3) is 0 Å². The average Bonchev–Trinajstić information content (AvgIpc) is 2.69. The van der Waals surface area contributed by atoms with E-state index in [-0.39, 0.29) is 6.10 Å². The summed E-state index contributed by atoms with van der Waals surface area (Å²) in [6.07, 6.45) is 8.28. The van der Waals surface area contributed by atoms with Gasteiger partial charge in [0.2, 0.25) is 8.32 Å². The standard InChI is InChI=1S/C26H54O6SSi/c1-10-12-14-16-18-24(26(27)28)25(31-33(9,29)30)19-23(17-15-13-11-2)32-34(20(3)4,21(5)6)22(7)8/h20-25H,10-19H2,1-9H3,(H,27,28)/t23-,24-,25+/m0/s1. The summed E-state index contributed by atoms with van der Waals surface area (Å²) in [6, 6.07) is 0. The third-order valence-corrected chi connectivity index (χ3v) is 13.9. The van der Waals surface area contributed by atoms with Crippen LogP contribution < -0.4 is 0 Å². The van der Waals surface area contributed by atoms with Gasteiger partial charge in [-0.1, -0.05) is 100 Å². The molecule has 0 amide bonds. The SMILES string of the molecule is CCCCCC[C@H](C(=O)O)[C@@H](C[C@H](CCCCC)O[Si](C(C)C)(C(C)C)C(C)C)OS(C)(=O)=O. The molecule has 0 radical (unpaired) electrons. The van der Waals surface area contributed by atoms with Crippen molar-refractivity contribution in [3.63, 3.8) is 0 Å². The summed E-state index contributed by atoms with van der Waals surface area (Å²) < 4.78 is 36.8. The Hall–Kier alpha value is -0.443. The van der Waals surface area contributed by atoms with Gasteiger partial charge in [0, 0.05) is 12.5 Å². The first-order valence-electron chi connectivity index (χ1n) is 13.5. The summed E-state index contributed by atoms with van der Waals surface area (Å²) in [5.41, 5.74) is 1.17. The van der Waals surface area contributed by atoms with Crippen molar-refractivity contribution in [1.29, 1.82) is 0 Å². The number of aliphatic carboxylic acids is 1. The van der Waals surface area contributed by atoms with Crippen molar-refractivity contribution in [2.24, 2.45) is 5.92 Å². The first-order valence-corrected chi connectivity index (χ1v) is 17.5. The molecular weight excluding hydrogens is 468 g/mol. The number of carboxylic acid groups (broad SMARTS) is 1. The van der Waals surface area contributed by atoms with Gasteiger partial charge in [-0.25, -0.2) is 0 Å². The van der Waals surface area contributed by atoms with Gasteiger partial charge in [-0.15, -0.1) is 0 Å². The van der Waals surface area contributed by atoms with E-state index in [4.69, 9.17) is 8.61 Å². The second kappa shape index (κ2) is 16.3. The van der Waals surface area contributed by atoms with Crippen LogP contribution in [0.4, 0.5) is 0 Å². The fourth-order valence-electron chi connectivity index (χ4n) is 5.56. The minimum absolute atomic E-state index is 0.213. The number of rotatable bonds is 20. The fourth-order valence-corrected chi connectivity index (χ4v) is 11.8. The Morgan fingerprint density at radius 3 is 1.71 bits per heavy atom. The van der Waals surface area contributed by atoms with Crippen molar-refractivity contribution in [2.75, 3.05) is 6.26 Å². The summed E-state index contributed by atoms with van der Waals surface area (Å²) in [6.45, 7) is 17.6. The zero-order valence-corrected chi connectivity index (χ0v) is 25.2. The molecule has 0 spiro atoms. The van der Waals surface area contributed by atoms with Crippen LogP contribution in [0, 0.1) is 5.92 Å². The lowest BCUT2D eigenvalue weighted by molar-refractivity contribution is -0.145. The lowest BCUT2D eigenvalue weighted by Crippen LogP contribution is -2.51. The molecule has 0 saturated heterocycles. The van der Waals surface area contributed by atoms with Gasteiger partial charge in [-0.3, -0.25) is 8.98 Å². The third kappa shape index (κ3) is 11.5. The molecule has 1 N–H and O–H groups in total. The molecule has 0 aliphatic rings. The Morgan fingerprint density at radius 1 is 0.824 bits per heavy atom. The minimum Gasteiger partial charge on any atom is -0.481 e. The molecule has 0 heterocycles. The first kappa shape index (κ1) is 33.6. The Balaban J connectivity index is 6.09. The van der Waals surface area contributed by atoms with Gasteiger partial charge in [0.15, 0.2) is 0 Å². The molecule has 34 heavy (non-hydrogen) atoms. The van der Waals surface area contributed by atoms with Crippen molar-refractivity contribution in [2.45, 2.75) is 148 Å². The summed E-state index contributed by atoms with van der Waals surface area (Å²) >= 11 is 0. The highest BCUT2D eigenvalue weighted by atomic mass is 32.2. The van der Waals surface area contributed by atoms with Crippen molar-refractivity contribution in [1.82, 2.24) is 0 Å². The van der Waals surface area contributed by atoms with E-state index < -0.39 is 36.4 Å².